The van der Waals surface area contributed by atoms with Crippen LogP contribution in [0.5, 0.6) is 0 Å². The second-order valence-corrected chi connectivity index (χ2v) is 3.78. The average Bonchev–Trinajstić information content (AvgIpc) is 1.95. The van der Waals surface area contributed by atoms with Crippen molar-refractivity contribution in [3.8, 4) is 0 Å². The molecule has 0 saturated heterocycles. The largest absolute Gasteiger partial charge is 0.114 e. The zero-order chi connectivity index (χ0) is 7.40. The Kier molecular flexibility index (Phi) is 3.40. The van der Waals surface area contributed by atoms with Gasteiger partial charge in [-0.3, -0.25) is 0 Å². The van der Waals surface area contributed by atoms with Gasteiger partial charge in [-0.2, -0.15) is 0 Å². The van der Waals surface area contributed by atoms with Crippen LogP contribution >= 0.6 is 35.0 Å². The molecular weight excluding hydrogens is 187 g/mol. The summed E-state index contributed by atoms with van der Waals surface area (Å²) in [5.74, 6) is 0. The second kappa shape index (κ2) is 4.12. The van der Waals surface area contributed by atoms with Gasteiger partial charge in [-0.15, -0.1) is 23.4 Å². The van der Waals surface area contributed by atoms with Crippen LogP contribution in [0.4, 0.5) is 0 Å². The molecule has 0 atom stereocenters. The summed E-state index contributed by atoms with van der Waals surface area (Å²) in [5.41, 5.74) is 0. The molecule has 0 N–H and O–H groups in total. The number of hydrogen-bond acceptors (Lipinski definition) is 1. The lowest BCUT2D eigenvalue weighted by molar-refractivity contribution is 1.47. The fourth-order valence-corrected chi connectivity index (χ4v) is 1.55. The smallest absolute Gasteiger partial charge is 0.0727 e. The third-order valence-electron chi connectivity index (χ3n) is 1.03. The van der Waals surface area contributed by atoms with Crippen molar-refractivity contribution in [3.63, 3.8) is 0 Å². The van der Waals surface area contributed by atoms with Gasteiger partial charge in [-0.1, -0.05) is 11.6 Å². The summed E-state index contributed by atoms with van der Waals surface area (Å²) in [7, 11) is 0. The van der Waals surface area contributed by atoms with Crippen molar-refractivity contribution in [2.24, 2.45) is 0 Å². The topological polar surface area (TPSA) is 0 Å². The van der Waals surface area contributed by atoms with Gasteiger partial charge < -0.3 is 0 Å². The van der Waals surface area contributed by atoms with Crippen molar-refractivity contribution in [1.82, 2.24) is 0 Å². The zero-order valence-electron chi connectivity index (χ0n) is 5.18. The summed E-state index contributed by atoms with van der Waals surface area (Å²) in [5, 5.41) is 1.35. The lowest BCUT2D eigenvalue weighted by Gasteiger charge is -1.95. The van der Waals surface area contributed by atoms with Crippen LogP contribution in [0.3, 0.4) is 0 Å². The van der Waals surface area contributed by atoms with Gasteiger partial charge in [0.1, 0.15) is 0 Å². The van der Waals surface area contributed by atoms with Gasteiger partial charge >= 0.3 is 0 Å². The monoisotopic (exact) mass is 192 g/mol. The van der Waals surface area contributed by atoms with E-state index in [-0.39, 0.29) is 0 Å². The van der Waals surface area contributed by atoms with E-state index in [4.69, 9.17) is 23.2 Å². The Hall–Kier alpha value is 0.150. The highest BCUT2D eigenvalue weighted by Crippen LogP contribution is 2.20. The van der Waals surface area contributed by atoms with Gasteiger partial charge in [0.05, 0.1) is 5.21 Å². The Morgan fingerprint density at radius 2 is 1.80 bits per heavy atom. The molecule has 1 aromatic carbocycles. The molecule has 54 valence electrons. The molecule has 0 nitrogen and oxygen atoms in total. The molecule has 0 radical (unpaired) electrons. The summed E-state index contributed by atoms with van der Waals surface area (Å²) in [4.78, 5) is 1.15. The quantitative estimate of drug-likeness (QED) is 0.510. The Bertz CT molecular complexity index is 195. The minimum atomic E-state index is 0.585. The van der Waals surface area contributed by atoms with Crippen molar-refractivity contribution < 1.29 is 0 Å². The van der Waals surface area contributed by atoms with Gasteiger partial charge in [-0.05, 0) is 24.3 Å². The summed E-state index contributed by atoms with van der Waals surface area (Å²) in [6.07, 6.45) is 0. The predicted molar refractivity (Wildman–Crippen MR) is 48.0 cm³/mol. The van der Waals surface area contributed by atoms with E-state index < -0.39 is 0 Å². The molecule has 1 rings (SSSR count). The van der Waals surface area contributed by atoms with Crippen LogP contribution in [0.1, 0.15) is 0 Å². The number of hydrogen-bond donors (Lipinski definition) is 0. The SMILES string of the molecule is ClCSc1ccc(Cl)cc1. The Morgan fingerprint density at radius 1 is 1.20 bits per heavy atom. The minimum absolute atomic E-state index is 0.585. The molecule has 0 unspecified atom stereocenters. The maximum Gasteiger partial charge on any atom is 0.0727 e. The highest BCUT2D eigenvalue weighted by atomic mass is 35.5. The lowest BCUT2D eigenvalue weighted by atomic mass is 10.4. The van der Waals surface area contributed by atoms with Gasteiger partial charge in [0, 0.05) is 9.92 Å². The first-order valence-electron chi connectivity index (χ1n) is 2.77. The molecule has 0 aliphatic heterocycles. The van der Waals surface area contributed by atoms with Crippen LogP contribution in [-0.2, 0) is 0 Å². The van der Waals surface area contributed by atoms with E-state index in [9.17, 15) is 0 Å². The second-order valence-electron chi connectivity index (χ2n) is 1.71. The summed E-state index contributed by atoms with van der Waals surface area (Å²) in [6.45, 7) is 0. The highest BCUT2D eigenvalue weighted by molar-refractivity contribution is 8.00. The molecule has 0 bridgehead atoms. The number of rotatable bonds is 2. The maximum atomic E-state index is 5.67. The summed E-state index contributed by atoms with van der Waals surface area (Å²) >= 11 is 12.8. The molecule has 0 aliphatic rings. The van der Waals surface area contributed by atoms with Crippen molar-refractivity contribution in [3.05, 3.63) is 29.3 Å². The average molecular weight is 193 g/mol. The van der Waals surface area contributed by atoms with Gasteiger partial charge in [-0.25, -0.2) is 0 Å². The van der Waals surface area contributed by atoms with E-state index in [0.717, 1.165) is 9.92 Å². The molecule has 3 heteroatoms. The molecule has 0 aromatic heterocycles. The minimum Gasteiger partial charge on any atom is -0.114 e. The molecule has 10 heavy (non-hydrogen) atoms. The third kappa shape index (κ3) is 2.41. The standard InChI is InChI=1S/C7H6Cl2S/c8-5-10-7-3-1-6(9)2-4-7/h1-4H,5H2. The van der Waals surface area contributed by atoms with Crippen LogP contribution in [-0.4, -0.2) is 5.21 Å². The maximum absolute atomic E-state index is 5.67. The van der Waals surface area contributed by atoms with E-state index in [1.165, 1.54) is 0 Å². The Morgan fingerprint density at radius 3 is 2.30 bits per heavy atom. The van der Waals surface area contributed by atoms with Gasteiger partial charge in [0.15, 0.2) is 0 Å². The number of thioether (sulfide) groups is 1. The number of benzene rings is 1. The van der Waals surface area contributed by atoms with E-state index in [1.807, 2.05) is 24.3 Å². The molecule has 0 spiro atoms. The predicted octanol–water partition coefficient (Wildman–Crippen LogP) is 3.63. The molecule has 1 aromatic rings. The molecule has 0 aliphatic carbocycles. The Balaban J connectivity index is 2.69. The summed E-state index contributed by atoms with van der Waals surface area (Å²) in [6, 6.07) is 7.62. The molecular formula is C7H6Cl2S. The van der Waals surface area contributed by atoms with Crippen LogP contribution < -0.4 is 0 Å². The lowest BCUT2D eigenvalue weighted by Crippen LogP contribution is -1.69. The zero-order valence-corrected chi connectivity index (χ0v) is 7.51. The van der Waals surface area contributed by atoms with Crippen molar-refractivity contribution >= 4 is 35.0 Å². The van der Waals surface area contributed by atoms with Crippen LogP contribution in [0.15, 0.2) is 29.2 Å². The van der Waals surface area contributed by atoms with Crippen molar-refractivity contribution in [1.29, 1.82) is 0 Å². The third-order valence-corrected chi connectivity index (χ3v) is 2.33. The fraction of sp³-hybridized carbons (Fsp3) is 0.143. The van der Waals surface area contributed by atoms with Gasteiger partial charge in [0.2, 0.25) is 0 Å². The number of halogens is 2. The van der Waals surface area contributed by atoms with E-state index in [0.29, 0.717) is 5.21 Å². The number of alkyl halides is 1. The van der Waals surface area contributed by atoms with Crippen LogP contribution in [0.2, 0.25) is 5.02 Å². The van der Waals surface area contributed by atoms with Crippen LogP contribution in [0.25, 0.3) is 0 Å². The first kappa shape index (κ1) is 8.25. The van der Waals surface area contributed by atoms with E-state index in [1.54, 1.807) is 11.8 Å². The molecule has 0 saturated carbocycles. The normalized spacial score (nSPS) is 9.80. The highest BCUT2D eigenvalue weighted by Gasteiger charge is 1.90. The Labute approximate surface area is 74.5 Å². The first-order valence-corrected chi connectivity index (χ1v) is 4.67. The molecule has 0 amide bonds. The molecule has 0 heterocycles. The summed E-state index contributed by atoms with van der Waals surface area (Å²) < 4.78 is 0. The van der Waals surface area contributed by atoms with Crippen molar-refractivity contribution in [2.45, 2.75) is 4.90 Å². The van der Waals surface area contributed by atoms with Gasteiger partial charge in [0.25, 0.3) is 0 Å². The van der Waals surface area contributed by atoms with E-state index >= 15 is 0 Å². The van der Waals surface area contributed by atoms with Crippen molar-refractivity contribution in [2.75, 3.05) is 5.21 Å². The van der Waals surface area contributed by atoms with E-state index in [2.05, 4.69) is 0 Å². The first-order chi connectivity index (χ1) is 4.83. The van der Waals surface area contributed by atoms with Crippen LogP contribution in [0, 0.1) is 0 Å². The fourth-order valence-electron chi connectivity index (χ4n) is 0.594. The molecule has 0 fully saturated rings.